The van der Waals surface area contributed by atoms with Crippen molar-refractivity contribution < 1.29 is 19.1 Å². The number of rotatable bonds is 13. The lowest BCUT2D eigenvalue weighted by Crippen LogP contribution is -2.44. The van der Waals surface area contributed by atoms with Gasteiger partial charge in [-0.3, -0.25) is 9.59 Å². The van der Waals surface area contributed by atoms with Crippen molar-refractivity contribution in [1.82, 2.24) is 10.3 Å². The predicted molar refractivity (Wildman–Crippen MR) is 159 cm³/mol. The molecule has 40 heavy (non-hydrogen) atoms. The van der Waals surface area contributed by atoms with Gasteiger partial charge in [0.2, 0.25) is 11.8 Å². The van der Waals surface area contributed by atoms with E-state index in [0.29, 0.717) is 24.3 Å². The van der Waals surface area contributed by atoms with E-state index in [4.69, 9.17) is 4.74 Å². The molecule has 0 spiro atoms. The Kier molecular flexibility index (Phi) is 9.73. The van der Waals surface area contributed by atoms with Crippen LogP contribution in [0, 0.1) is 6.92 Å². The first-order valence-electron chi connectivity index (χ1n) is 13.7. The van der Waals surface area contributed by atoms with Crippen LogP contribution in [-0.2, 0) is 20.8 Å². The van der Waals surface area contributed by atoms with Gasteiger partial charge < -0.3 is 25.1 Å². The van der Waals surface area contributed by atoms with Crippen molar-refractivity contribution in [2.75, 3.05) is 12.4 Å². The number of fused-ring (bicyclic) bond motifs is 1. The van der Waals surface area contributed by atoms with Gasteiger partial charge in [-0.2, -0.15) is 0 Å². The Morgan fingerprint density at radius 3 is 2.42 bits per heavy atom. The van der Waals surface area contributed by atoms with Crippen molar-refractivity contribution in [3.05, 3.63) is 84.1 Å². The maximum absolute atomic E-state index is 13.4. The largest absolute Gasteiger partial charge is 0.497 e. The van der Waals surface area contributed by atoms with E-state index in [1.165, 1.54) is 0 Å². The molecule has 0 aliphatic carbocycles. The highest BCUT2D eigenvalue weighted by molar-refractivity contribution is 5.98. The smallest absolute Gasteiger partial charge is 0.246 e. The van der Waals surface area contributed by atoms with Gasteiger partial charge in [0.1, 0.15) is 17.6 Å². The zero-order chi connectivity index (χ0) is 28.5. The van der Waals surface area contributed by atoms with Gasteiger partial charge in [-0.15, -0.1) is 0 Å². The van der Waals surface area contributed by atoms with Crippen LogP contribution in [0.5, 0.6) is 5.75 Å². The number of Topliss-reactive ketones (excluding diaryl/α,β-unsaturated/α-hetero) is 1. The van der Waals surface area contributed by atoms with E-state index >= 15 is 0 Å². The molecule has 2 amide bonds. The fraction of sp³-hybridized carbons (Fsp3) is 0.303. The molecular formula is C33H37N3O4. The summed E-state index contributed by atoms with van der Waals surface area (Å²) in [6.45, 7) is 3.52. The second-order valence-electron chi connectivity index (χ2n) is 10.2. The molecule has 0 bridgehead atoms. The normalized spacial score (nSPS) is 11.7. The Morgan fingerprint density at radius 1 is 0.900 bits per heavy atom. The first-order valence-corrected chi connectivity index (χ1v) is 13.7. The topological polar surface area (TPSA) is 100 Å². The Balaban J connectivity index is 1.48. The molecule has 0 saturated heterocycles. The minimum Gasteiger partial charge on any atom is -0.497 e. The maximum Gasteiger partial charge on any atom is 0.246 e. The van der Waals surface area contributed by atoms with Crippen molar-refractivity contribution in [3.8, 4) is 16.9 Å². The molecule has 4 aromatic rings. The summed E-state index contributed by atoms with van der Waals surface area (Å²) in [6.07, 6.45) is 3.44. The number of H-pyrrole nitrogens is 1. The molecule has 0 fully saturated rings. The summed E-state index contributed by atoms with van der Waals surface area (Å²) >= 11 is 0. The van der Waals surface area contributed by atoms with E-state index in [1.807, 2.05) is 79.7 Å². The van der Waals surface area contributed by atoms with Crippen LogP contribution >= 0.6 is 0 Å². The van der Waals surface area contributed by atoms with E-state index in [9.17, 15) is 14.4 Å². The van der Waals surface area contributed by atoms with Crippen molar-refractivity contribution in [3.63, 3.8) is 0 Å². The lowest BCUT2D eigenvalue weighted by atomic mass is 10.0. The molecule has 208 valence electrons. The molecule has 3 aromatic carbocycles. The third kappa shape index (κ3) is 7.59. The highest BCUT2D eigenvalue weighted by atomic mass is 16.5. The number of aromatic amines is 1. The number of benzene rings is 3. The van der Waals surface area contributed by atoms with Gasteiger partial charge in [-0.25, -0.2) is 0 Å². The van der Waals surface area contributed by atoms with Crippen LogP contribution < -0.4 is 15.4 Å². The Hall–Kier alpha value is -4.39. The van der Waals surface area contributed by atoms with Crippen LogP contribution in [0.3, 0.4) is 0 Å². The molecule has 0 aliphatic heterocycles. The molecule has 0 aliphatic rings. The monoisotopic (exact) mass is 539 g/mol. The van der Waals surface area contributed by atoms with Crippen molar-refractivity contribution >= 4 is 34.2 Å². The Labute approximate surface area is 235 Å². The lowest BCUT2D eigenvalue weighted by molar-refractivity contribution is -0.126. The van der Waals surface area contributed by atoms with Crippen LogP contribution in [0.25, 0.3) is 22.0 Å². The number of amides is 2. The highest BCUT2D eigenvalue weighted by Crippen LogP contribution is 2.27. The van der Waals surface area contributed by atoms with Gasteiger partial charge >= 0.3 is 0 Å². The molecule has 1 unspecified atom stereocenters. The maximum atomic E-state index is 13.4. The molecule has 1 heterocycles. The number of hydrogen-bond donors (Lipinski definition) is 3. The van der Waals surface area contributed by atoms with Gasteiger partial charge in [0.15, 0.2) is 0 Å². The third-order valence-corrected chi connectivity index (χ3v) is 7.07. The zero-order valence-corrected chi connectivity index (χ0v) is 23.4. The number of ether oxygens (including phenoxy) is 1. The fourth-order valence-corrected chi connectivity index (χ4v) is 4.93. The summed E-state index contributed by atoms with van der Waals surface area (Å²) in [4.78, 5) is 41.3. The van der Waals surface area contributed by atoms with Crippen LogP contribution in [0.1, 0.15) is 50.3 Å². The van der Waals surface area contributed by atoms with Crippen molar-refractivity contribution in [1.29, 1.82) is 0 Å². The Morgan fingerprint density at radius 2 is 1.68 bits per heavy atom. The molecule has 0 radical (unpaired) electrons. The van der Waals surface area contributed by atoms with Crippen LogP contribution in [0.4, 0.5) is 5.69 Å². The summed E-state index contributed by atoms with van der Waals surface area (Å²) < 4.78 is 5.37. The number of carbonyl (C=O) groups excluding carboxylic acids is 3. The molecule has 4 rings (SSSR count). The van der Waals surface area contributed by atoms with E-state index in [2.05, 4.69) is 15.6 Å². The standard InChI is InChI=1S/C33H37N3O4/c1-22(37)11-6-4-9-16-31(33(39)35-26-15-10-14-25(19-26)24-12-7-5-8-13-24)36-32(38)21-28-23(2)34-30-18-17-27(40-3)20-29(28)30/h5,7-8,10,12-15,17-20,31,34H,4,6,9,11,16,21H2,1-3H3,(H,35,39)(H,36,38). The summed E-state index contributed by atoms with van der Waals surface area (Å²) in [5.74, 6) is 0.386. The fourth-order valence-electron chi connectivity index (χ4n) is 4.93. The number of hydrogen-bond acceptors (Lipinski definition) is 4. The van der Waals surface area contributed by atoms with Crippen LogP contribution in [0.2, 0.25) is 0 Å². The van der Waals surface area contributed by atoms with Gasteiger partial charge in [-0.05, 0) is 73.7 Å². The molecule has 1 aromatic heterocycles. The average molecular weight is 540 g/mol. The summed E-state index contributed by atoms with van der Waals surface area (Å²) in [5, 5.41) is 6.91. The highest BCUT2D eigenvalue weighted by Gasteiger charge is 2.22. The van der Waals surface area contributed by atoms with Gasteiger partial charge in [0.05, 0.1) is 13.5 Å². The number of ketones is 1. The number of nitrogens with one attached hydrogen (secondary N) is 3. The van der Waals surface area contributed by atoms with Crippen LogP contribution in [0.15, 0.2) is 72.8 Å². The number of anilines is 1. The van der Waals surface area contributed by atoms with E-state index in [0.717, 1.165) is 52.5 Å². The second-order valence-corrected chi connectivity index (χ2v) is 10.2. The molecule has 7 nitrogen and oxygen atoms in total. The van der Waals surface area contributed by atoms with Crippen molar-refractivity contribution in [2.45, 2.75) is 58.4 Å². The van der Waals surface area contributed by atoms with E-state index in [1.54, 1.807) is 14.0 Å². The van der Waals surface area contributed by atoms with Gasteiger partial charge in [0.25, 0.3) is 0 Å². The number of unbranched alkanes of at least 4 members (excludes halogenated alkanes) is 2. The summed E-state index contributed by atoms with van der Waals surface area (Å²) in [7, 11) is 1.61. The quantitative estimate of drug-likeness (QED) is 0.172. The number of methoxy groups -OCH3 is 1. The van der Waals surface area contributed by atoms with E-state index in [-0.39, 0.29) is 24.0 Å². The molecule has 0 saturated carbocycles. The molecular weight excluding hydrogens is 502 g/mol. The number of aromatic nitrogens is 1. The van der Waals surface area contributed by atoms with E-state index < -0.39 is 6.04 Å². The summed E-state index contributed by atoms with van der Waals surface area (Å²) in [6, 6.07) is 22.7. The minimum absolute atomic E-state index is 0.136. The van der Waals surface area contributed by atoms with Gasteiger partial charge in [-0.1, -0.05) is 55.3 Å². The van der Waals surface area contributed by atoms with Gasteiger partial charge in [0, 0.05) is 28.7 Å². The predicted octanol–water partition coefficient (Wildman–Crippen LogP) is 6.36. The van der Waals surface area contributed by atoms with Crippen molar-refractivity contribution in [2.24, 2.45) is 0 Å². The molecule has 1 atom stereocenters. The second kappa shape index (κ2) is 13.6. The molecule has 7 heteroatoms. The molecule has 3 N–H and O–H groups in total. The summed E-state index contributed by atoms with van der Waals surface area (Å²) in [5.41, 5.74) is 5.43. The first-order chi connectivity index (χ1) is 19.3. The zero-order valence-electron chi connectivity index (χ0n) is 23.4. The first kappa shape index (κ1) is 28.6. The van der Waals surface area contributed by atoms with Crippen LogP contribution in [-0.4, -0.2) is 35.7 Å². The number of aryl methyl sites for hydroxylation is 1. The third-order valence-electron chi connectivity index (χ3n) is 7.07. The number of carbonyl (C=O) groups is 3. The SMILES string of the molecule is COc1ccc2[nH]c(C)c(CC(=O)NC(CCCCCC(C)=O)C(=O)Nc3cccc(-c4ccccc4)c3)c2c1. The lowest BCUT2D eigenvalue weighted by Gasteiger charge is -2.19. The minimum atomic E-state index is -0.703. The Bertz CT molecular complexity index is 1480. The average Bonchev–Trinajstić information content (AvgIpc) is 3.26.